The largest absolute Gasteiger partial charge is 0.297 e. The lowest BCUT2D eigenvalue weighted by Gasteiger charge is -2.27. The number of aromatic nitrogens is 1. The predicted molar refractivity (Wildman–Crippen MR) is 95.8 cm³/mol. The molecule has 1 aliphatic rings. The Labute approximate surface area is 149 Å². The van der Waals surface area contributed by atoms with Crippen LogP contribution in [0.3, 0.4) is 0 Å². The maximum atomic E-state index is 12.2. The number of hydrogen-bond acceptors (Lipinski definition) is 6. The van der Waals surface area contributed by atoms with Crippen LogP contribution in [-0.4, -0.2) is 48.6 Å². The Morgan fingerprint density at radius 3 is 2.79 bits per heavy atom. The van der Waals surface area contributed by atoms with Gasteiger partial charge in [-0.1, -0.05) is 0 Å². The van der Waals surface area contributed by atoms with E-state index in [9.17, 15) is 13.2 Å². The van der Waals surface area contributed by atoms with Gasteiger partial charge in [0, 0.05) is 31.9 Å². The summed E-state index contributed by atoms with van der Waals surface area (Å²) in [6.07, 6.45) is 0.548. The first-order chi connectivity index (χ1) is 11.3. The lowest BCUT2D eigenvalue weighted by molar-refractivity contribution is 0.103. The van der Waals surface area contributed by atoms with Crippen LogP contribution in [0.15, 0.2) is 11.4 Å². The Balaban J connectivity index is 1.75. The van der Waals surface area contributed by atoms with Crippen molar-refractivity contribution in [1.29, 1.82) is 0 Å². The molecule has 0 spiro atoms. The molecule has 0 aromatic carbocycles. The molecule has 3 heterocycles. The van der Waals surface area contributed by atoms with E-state index in [1.54, 1.807) is 0 Å². The maximum absolute atomic E-state index is 12.2. The van der Waals surface area contributed by atoms with Gasteiger partial charge >= 0.3 is 0 Å². The number of nitrogens with one attached hydrogen (secondary N) is 1. The van der Waals surface area contributed by atoms with E-state index in [2.05, 4.69) is 10.3 Å². The van der Waals surface area contributed by atoms with Gasteiger partial charge in [-0.15, -0.1) is 22.7 Å². The number of thiophene rings is 1. The number of carbonyl (C=O) groups excluding carboxylic acids is 1. The number of amides is 1. The van der Waals surface area contributed by atoms with Crippen molar-refractivity contribution in [3.63, 3.8) is 0 Å². The zero-order valence-electron chi connectivity index (χ0n) is 13.6. The van der Waals surface area contributed by atoms with Gasteiger partial charge in [-0.05, 0) is 23.9 Å². The monoisotopic (exact) mass is 386 g/mol. The average Bonchev–Trinajstić information content (AvgIpc) is 3.11. The molecule has 2 aromatic rings. The maximum Gasteiger partial charge on any atom is 0.281 e. The molecular formula is C14H18N4O3S3. The molecule has 2 aromatic heterocycles. The predicted octanol–water partition coefficient (Wildman–Crippen LogP) is 1.93. The second-order valence-electron chi connectivity index (χ2n) is 5.71. The molecule has 130 valence electrons. The quantitative estimate of drug-likeness (QED) is 0.870. The van der Waals surface area contributed by atoms with Crippen LogP contribution in [0, 0.1) is 6.92 Å². The van der Waals surface area contributed by atoms with E-state index >= 15 is 0 Å². The Morgan fingerprint density at radius 2 is 2.17 bits per heavy atom. The molecule has 10 heteroatoms. The van der Waals surface area contributed by atoms with Crippen LogP contribution >= 0.6 is 22.7 Å². The van der Waals surface area contributed by atoms with E-state index in [1.807, 2.05) is 18.4 Å². The van der Waals surface area contributed by atoms with E-state index in [4.69, 9.17) is 0 Å². The fourth-order valence-electron chi connectivity index (χ4n) is 2.36. The highest BCUT2D eigenvalue weighted by molar-refractivity contribution is 7.86. The van der Waals surface area contributed by atoms with Crippen LogP contribution in [0.25, 0.3) is 0 Å². The van der Waals surface area contributed by atoms with Gasteiger partial charge in [0.05, 0.1) is 17.1 Å². The van der Waals surface area contributed by atoms with Gasteiger partial charge in [-0.25, -0.2) is 4.98 Å². The Morgan fingerprint density at radius 1 is 1.42 bits per heavy atom. The fourth-order valence-corrected chi connectivity index (χ4v) is 5.33. The summed E-state index contributed by atoms with van der Waals surface area (Å²) < 4.78 is 27.1. The summed E-state index contributed by atoms with van der Waals surface area (Å²) in [7, 11) is -0.397. The summed E-state index contributed by atoms with van der Waals surface area (Å²) in [5, 5.41) is 5.24. The van der Waals surface area contributed by atoms with Crippen molar-refractivity contribution >= 4 is 43.9 Å². The van der Waals surface area contributed by atoms with Crippen molar-refractivity contribution in [3.05, 3.63) is 32.5 Å². The van der Waals surface area contributed by atoms with E-state index in [0.717, 1.165) is 16.1 Å². The first-order valence-corrected chi connectivity index (χ1v) is 10.4. The molecule has 1 aliphatic heterocycles. The van der Waals surface area contributed by atoms with E-state index in [1.165, 1.54) is 45.4 Å². The molecule has 7 nitrogen and oxygen atoms in total. The normalized spacial score (nSPS) is 15.5. The van der Waals surface area contributed by atoms with Gasteiger partial charge in [0.25, 0.3) is 16.1 Å². The third kappa shape index (κ3) is 3.38. The second-order valence-corrected chi connectivity index (χ2v) is 9.84. The highest BCUT2D eigenvalue weighted by Crippen LogP contribution is 2.30. The van der Waals surface area contributed by atoms with Crippen LogP contribution in [0.5, 0.6) is 0 Å². The standard InChI is InChI=1S/C14H18N4O3S3/c1-9-6-11(22-8-9)13(19)16-14-15-10-4-5-18(7-12(10)23-14)24(20,21)17(2)3/h6,8H,4-5,7H2,1-3H3,(H,15,16,19). The molecule has 0 aliphatic carbocycles. The number of hydrogen-bond donors (Lipinski definition) is 1. The third-order valence-corrected chi connectivity index (χ3v) is 7.59. The second kappa shape index (κ2) is 6.52. The molecule has 24 heavy (non-hydrogen) atoms. The first-order valence-electron chi connectivity index (χ1n) is 7.30. The Hall–Kier alpha value is -1.33. The van der Waals surface area contributed by atoms with E-state index < -0.39 is 10.2 Å². The summed E-state index contributed by atoms with van der Waals surface area (Å²) >= 11 is 2.72. The van der Waals surface area contributed by atoms with Gasteiger partial charge in [0.2, 0.25) is 0 Å². The zero-order valence-corrected chi connectivity index (χ0v) is 16.0. The molecule has 0 unspecified atom stereocenters. The average molecular weight is 387 g/mol. The molecule has 0 saturated heterocycles. The highest BCUT2D eigenvalue weighted by Gasteiger charge is 2.30. The van der Waals surface area contributed by atoms with Gasteiger partial charge in [-0.2, -0.15) is 17.0 Å². The molecule has 0 fully saturated rings. The summed E-state index contributed by atoms with van der Waals surface area (Å²) in [4.78, 5) is 18.2. The van der Waals surface area contributed by atoms with Gasteiger partial charge in [-0.3, -0.25) is 10.1 Å². The third-order valence-electron chi connectivity index (χ3n) is 3.66. The lowest BCUT2D eigenvalue weighted by Crippen LogP contribution is -2.42. The van der Waals surface area contributed by atoms with Crippen molar-refractivity contribution in [2.24, 2.45) is 0 Å². The highest BCUT2D eigenvalue weighted by atomic mass is 32.2. The summed E-state index contributed by atoms with van der Waals surface area (Å²) in [5.74, 6) is -0.183. The van der Waals surface area contributed by atoms with Crippen LogP contribution in [0.1, 0.15) is 25.8 Å². The van der Waals surface area contributed by atoms with Crippen LogP contribution < -0.4 is 5.32 Å². The number of rotatable bonds is 4. The minimum atomic E-state index is -3.44. The molecule has 0 bridgehead atoms. The number of nitrogens with zero attached hydrogens (tertiary/aromatic N) is 3. The van der Waals surface area contributed by atoms with Gasteiger partial charge < -0.3 is 0 Å². The number of thiazole rings is 1. The summed E-state index contributed by atoms with van der Waals surface area (Å²) in [6, 6.07) is 1.83. The molecule has 0 radical (unpaired) electrons. The Kier molecular flexibility index (Phi) is 4.76. The topological polar surface area (TPSA) is 82.6 Å². The first kappa shape index (κ1) is 17.5. The fraction of sp³-hybridized carbons (Fsp3) is 0.429. The number of fused-ring (bicyclic) bond motifs is 1. The smallest absolute Gasteiger partial charge is 0.281 e. The lowest BCUT2D eigenvalue weighted by atomic mass is 10.2. The van der Waals surface area contributed by atoms with Gasteiger partial charge in [0.15, 0.2) is 5.13 Å². The number of aryl methyl sites for hydroxylation is 1. The number of carbonyl (C=O) groups is 1. The van der Waals surface area contributed by atoms with Crippen molar-refractivity contribution in [2.45, 2.75) is 19.9 Å². The van der Waals surface area contributed by atoms with Crippen molar-refractivity contribution in [3.8, 4) is 0 Å². The van der Waals surface area contributed by atoms with Gasteiger partial charge in [0.1, 0.15) is 0 Å². The molecule has 1 N–H and O–H groups in total. The summed E-state index contributed by atoms with van der Waals surface area (Å²) in [5.41, 5.74) is 1.91. The molecule has 0 saturated carbocycles. The van der Waals surface area contributed by atoms with Crippen LogP contribution in [0.2, 0.25) is 0 Å². The molecule has 0 atom stereocenters. The molecular weight excluding hydrogens is 368 g/mol. The van der Waals surface area contributed by atoms with Crippen LogP contribution in [0.4, 0.5) is 5.13 Å². The van der Waals surface area contributed by atoms with Crippen molar-refractivity contribution < 1.29 is 13.2 Å². The van der Waals surface area contributed by atoms with Crippen molar-refractivity contribution in [1.82, 2.24) is 13.6 Å². The summed E-state index contributed by atoms with van der Waals surface area (Å²) in [6.45, 7) is 2.63. The Bertz CT molecular complexity index is 870. The molecule has 3 rings (SSSR count). The van der Waals surface area contributed by atoms with Crippen molar-refractivity contribution in [2.75, 3.05) is 26.0 Å². The minimum Gasteiger partial charge on any atom is -0.297 e. The minimum absolute atomic E-state index is 0.183. The van der Waals surface area contributed by atoms with Crippen LogP contribution in [-0.2, 0) is 23.2 Å². The van der Waals surface area contributed by atoms with E-state index in [-0.39, 0.29) is 5.91 Å². The zero-order chi connectivity index (χ0) is 17.5. The SMILES string of the molecule is Cc1csc(C(=O)Nc2nc3c(s2)CN(S(=O)(=O)N(C)C)CC3)c1. The van der Waals surface area contributed by atoms with E-state index in [0.29, 0.717) is 29.5 Å². The molecule has 1 amide bonds. The number of anilines is 1.